The van der Waals surface area contributed by atoms with Crippen LogP contribution in [0.25, 0.3) is 0 Å². The number of carbonyl (C=O) groups excluding carboxylic acids is 2. The van der Waals surface area contributed by atoms with Crippen molar-refractivity contribution in [1.29, 1.82) is 0 Å². The molecule has 1 fully saturated rings. The number of likely N-dealkylation sites (tertiary alicyclic amines) is 1. The predicted octanol–water partition coefficient (Wildman–Crippen LogP) is 2.22. The third-order valence-electron chi connectivity index (χ3n) is 5.06. The minimum Gasteiger partial charge on any atom is -0.337 e. The number of hydrogen-bond acceptors (Lipinski definition) is 4. The van der Waals surface area contributed by atoms with E-state index < -0.39 is 10.8 Å². The average molecular weight is 362 g/mol. The Morgan fingerprint density at radius 3 is 2.60 bits per heavy atom. The van der Waals surface area contributed by atoms with E-state index >= 15 is 0 Å². The summed E-state index contributed by atoms with van der Waals surface area (Å²) in [4.78, 5) is 29.2. The number of piperidine rings is 1. The number of Topliss-reactive ketones (excluding diaryl/α,β-unsaturated/α-hetero) is 1. The van der Waals surface area contributed by atoms with Gasteiger partial charge in [0.05, 0.1) is 10.8 Å². The fourth-order valence-electron chi connectivity index (χ4n) is 3.54. The highest BCUT2D eigenvalue weighted by Gasteiger charge is 2.24. The van der Waals surface area contributed by atoms with Gasteiger partial charge in [0.15, 0.2) is 5.78 Å². The number of hydrogen-bond donors (Lipinski definition) is 0. The normalized spacial score (nSPS) is 21.5. The first-order valence-electron chi connectivity index (χ1n) is 9.07. The van der Waals surface area contributed by atoms with Gasteiger partial charge >= 0.3 is 0 Å². The summed E-state index contributed by atoms with van der Waals surface area (Å²) in [5.41, 5.74) is 1.45. The summed E-state index contributed by atoms with van der Waals surface area (Å²) < 4.78 is 12.4. The van der Waals surface area contributed by atoms with Crippen molar-refractivity contribution in [3.63, 3.8) is 0 Å². The summed E-state index contributed by atoms with van der Waals surface area (Å²) in [6.07, 6.45) is 4.24. The van der Waals surface area contributed by atoms with Crippen molar-refractivity contribution < 1.29 is 13.8 Å². The lowest BCUT2D eigenvalue weighted by Crippen LogP contribution is -2.37. The maximum atomic E-state index is 12.7. The van der Waals surface area contributed by atoms with Crippen LogP contribution in [0.5, 0.6) is 0 Å². The number of benzene rings is 1. The molecule has 0 aromatic heterocycles. The van der Waals surface area contributed by atoms with Crippen LogP contribution < -0.4 is 0 Å². The van der Waals surface area contributed by atoms with Crippen LogP contribution in [0.3, 0.4) is 0 Å². The van der Waals surface area contributed by atoms with Crippen LogP contribution in [-0.2, 0) is 22.1 Å². The molecule has 2 aliphatic rings. The zero-order valence-corrected chi connectivity index (χ0v) is 15.6. The molecule has 6 heteroatoms. The van der Waals surface area contributed by atoms with Gasteiger partial charge < -0.3 is 9.80 Å². The molecule has 1 aromatic rings. The molecule has 0 radical (unpaired) electrons. The molecule has 1 amide bonds. The average Bonchev–Trinajstić information content (AvgIpc) is 2.79. The maximum absolute atomic E-state index is 12.7. The van der Waals surface area contributed by atoms with Gasteiger partial charge in [-0.2, -0.15) is 0 Å². The first-order chi connectivity index (χ1) is 12.0. The molecule has 1 atom stereocenters. The molecule has 0 spiro atoms. The van der Waals surface area contributed by atoms with Gasteiger partial charge in [0.2, 0.25) is 5.91 Å². The second-order valence-corrected chi connectivity index (χ2v) is 8.44. The fourth-order valence-corrected chi connectivity index (χ4v) is 4.78. The van der Waals surface area contributed by atoms with Crippen molar-refractivity contribution >= 4 is 22.5 Å². The Morgan fingerprint density at radius 1 is 1.12 bits per heavy atom. The van der Waals surface area contributed by atoms with Gasteiger partial charge in [0.25, 0.3) is 0 Å². The van der Waals surface area contributed by atoms with Gasteiger partial charge in [-0.15, -0.1) is 0 Å². The molecule has 25 heavy (non-hydrogen) atoms. The lowest BCUT2D eigenvalue weighted by atomic mass is 10.1. The molecule has 0 N–H and O–H groups in total. The topological polar surface area (TPSA) is 57.7 Å². The van der Waals surface area contributed by atoms with E-state index in [2.05, 4.69) is 4.90 Å². The highest BCUT2D eigenvalue weighted by molar-refractivity contribution is 7.85. The summed E-state index contributed by atoms with van der Waals surface area (Å²) in [5, 5.41) is 0. The Balaban J connectivity index is 1.68. The fraction of sp³-hybridized carbons (Fsp3) is 0.579. The highest BCUT2D eigenvalue weighted by Crippen LogP contribution is 2.22. The van der Waals surface area contributed by atoms with E-state index in [-0.39, 0.29) is 11.7 Å². The zero-order valence-electron chi connectivity index (χ0n) is 14.8. The van der Waals surface area contributed by atoms with Gasteiger partial charge in [-0.3, -0.25) is 13.8 Å². The first kappa shape index (κ1) is 18.3. The van der Waals surface area contributed by atoms with Crippen LogP contribution in [0.1, 0.15) is 48.5 Å². The van der Waals surface area contributed by atoms with Crippen LogP contribution >= 0.6 is 0 Å². The molecule has 0 saturated carbocycles. The number of rotatable bonds is 4. The number of fused-ring (bicyclic) bond motifs is 1. The number of amides is 1. The van der Waals surface area contributed by atoms with E-state index in [1.54, 1.807) is 23.1 Å². The van der Waals surface area contributed by atoms with Gasteiger partial charge in [0, 0.05) is 42.3 Å². The molecule has 136 valence electrons. The van der Waals surface area contributed by atoms with E-state index in [9.17, 15) is 13.8 Å². The molecule has 1 unspecified atom stereocenters. The molecule has 2 aliphatic heterocycles. The van der Waals surface area contributed by atoms with E-state index in [4.69, 9.17) is 0 Å². The van der Waals surface area contributed by atoms with Crippen LogP contribution in [-0.4, -0.2) is 57.6 Å². The molecular formula is C19H26N2O3S. The Kier molecular flexibility index (Phi) is 6.02. The Morgan fingerprint density at radius 2 is 1.88 bits per heavy atom. The standard InChI is InChI=1S/C19H26N2O3S/c1-15(22)16-5-6-18-17(13-16)14-21(11-12-25(18)24)19(23)7-10-20-8-3-2-4-9-20/h5-6,13H,2-4,7-12,14H2,1H3. The number of nitrogens with zero attached hydrogens (tertiary/aromatic N) is 2. The van der Waals surface area contributed by atoms with E-state index in [1.165, 1.54) is 26.2 Å². The van der Waals surface area contributed by atoms with Gasteiger partial charge in [-0.25, -0.2) is 0 Å². The first-order valence-corrected chi connectivity index (χ1v) is 10.4. The second-order valence-electron chi connectivity index (χ2n) is 6.90. The van der Waals surface area contributed by atoms with Gasteiger partial charge in [-0.1, -0.05) is 12.5 Å². The van der Waals surface area contributed by atoms with Crippen molar-refractivity contribution in [2.45, 2.75) is 44.0 Å². The van der Waals surface area contributed by atoms with Crippen molar-refractivity contribution in [2.24, 2.45) is 0 Å². The molecule has 0 aliphatic carbocycles. The predicted molar refractivity (Wildman–Crippen MR) is 98.0 cm³/mol. The second kappa shape index (κ2) is 8.23. The minimum atomic E-state index is -1.12. The number of ketones is 1. The lowest BCUT2D eigenvalue weighted by Gasteiger charge is -2.27. The van der Waals surface area contributed by atoms with E-state index in [0.717, 1.165) is 30.1 Å². The Hall–Kier alpha value is -1.53. The third-order valence-corrected chi connectivity index (χ3v) is 6.51. The van der Waals surface area contributed by atoms with Crippen molar-refractivity contribution in [2.75, 3.05) is 31.9 Å². The van der Waals surface area contributed by atoms with Gasteiger partial charge in [0.1, 0.15) is 0 Å². The zero-order chi connectivity index (χ0) is 17.8. The lowest BCUT2D eigenvalue weighted by molar-refractivity contribution is -0.131. The quantitative estimate of drug-likeness (QED) is 0.771. The molecule has 5 nitrogen and oxygen atoms in total. The Bertz CT molecular complexity index is 683. The third kappa shape index (κ3) is 4.55. The van der Waals surface area contributed by atoms with Crippen LogP contribution in [0, 0.1) is 0 Å². The number of carbonyl (C=O) groups is 2. The molecule has 0 bridgehead atoms. The van der Waals surface area contributed by atoms with Crippen LogP contribution in [0.4, 0.5) is 0 Å². The molecular weight excluding hydrogens is 336 g/mol. The molecule has 1 aromatic carbocycles. The highest BCUT2D eigenvalue weighted by atomic mass is 32.2. The van der Waals surface area contributed by atoms with Crippen molar-refractivity contribution in [3.05, 3.63) is 29.3 Å². The summed E-state index contributed by atoms with van der Waals surface area (Å²) in [6.45, 7) is 5.45. The van der Waals surface area contributed by atoms with E-state index in [0.29, 0.717) is 30.8 Å². The van der Waals surface area contributed by atoms with Crippen LogP contribution in [0.2, 0.25) is 0 Å². The summed E-state index contributed by atoms with van der Waals surface area (Å²) in [7, 11) is -1.12. The smallest absolute Gasteiger partial charge is 0.224 e. The monoisotopic (exact) mass is 362 g/mol. The SMILES string of the molecule is CC(=O)c1ccc2c(c1)CN(C(=O)CCN1CCCCC1)CCS2=O. The Labute approximate surface area is 151 Å². The molecule has 1 saturated heterocycles. The van der Waals surface area contributed by atoms with Crippen molar-refractivity contribution in [1.82, 2.24) is 9.80 Å². The summed E-state index contributed by atoms with van der Waals surface area (Å²) in [6, 6.07) is 5.31. The van der Waals surface area contributed by atoms with Crippen molar-refractivity contribution in [3.8, 4) is 0 Å². The molecule has 3 rings (SSSR count). The maximum Gasteiger partial charge on any atom is 0.224 e. The largest absolute Gasteiger partial charge is 0.337 e. The minimum absolute atomic E-state index is 0.0131. The van der Waals surface area contributed by atoms with Gasteiger partial charge in [-0.05, 0) is 50.6 Å². The van der Waals surface area contributed by atoms with E-state index in [1.807, 2.05) is 0 Å². The summed E-state index contributed by atoms with van der Waals surface area (Å²) in [5.74, 6) is 0.562. The molecule has 2 heterocycles. The summed E-state index contributed by atoms with van der Waals surface area (Å²) >= 11 is 0. The van der Waals surface area contributed by atoms with Crippen LogP contribution in [0.15, 0.2) is 23.1 Å².